The van der Waals surface area contributed by atoms with Crippen molar-refractivity contribution in [3.05, 3.63) is 0 Å². The standard InChI is InChI=1S/C7H15NO2S.H3NOS/c1-3-11-5-4-7(2,8)6(9)10;1-3-2/h3-5,8H2,1-2H3,(H,9,10);1H,3H2/t7-;/m0./s1. The normalized spacial score (nSPS) is 14.5. The van der Waals surface area contributed by atoms with Gasteiger partial charge in [-0.15, -0.1) is 0 Å². The summed E-state index contributed by atoms with van der Waals surface area (Å²) >= 11 is 0.792. The largest absolute Gasteiger partial charge is 0.480 e. The molecule has 0 aromatic carbocycles. The van der Waals surface area contributed by atoms with Crippen LogP contribution in [0.2, 0.25) is 0 Å². The number of hydrogen-bond acceptors (Lipinski definition) is 5. The quantitative estimate of drug-likeness (QED) is 0.604. The van der Waals surface area contributed by atoms with E-state index >= 15 is 0 Å². The van der Waals surface area contributed by atoms with Gasteiger partial charge in [-0.2, -0.15) is 11.8 Å². The predicted octanol–water partition coefficient (Wildman–Crippen LogP) is 0.358. The summed E-state index contributed by atoms with van der Waals surface area (Å²) in [5.41, 5.74) is 4.43. The molecule has 0 radical (unpaired) electrons. The van der Waals surface area contributed by atoms with Crippen LogP contribution >= 0.6 is 11.8 Å². The first-order chi connectivity index (χ1) is 6.42. The van der Waals surface area contributed by atoms with E-state index in [1.165, 1.54) is 0 Å². The van der Waals surface area contributed by atoms with Crippen LogP contribution in [0.5, 0.6) is 0 Å². The lowest BCUT2D eigenvalue weighted by atomic mass is 10.0. The van der Waals surface area contributed by atoms with E-state index in [9.17, 15) is 4.79 Å². The van der Waals surface area contributed by atoms with Gasteiger partial charge in [0.2, 0.25) is 0 Å². The minimum atomic E-state index is -1.05. The van der Waals surface area contributed by atoms with E-state index < -0.39 is 23.0 Å². The van der Waals surface area contributed by atoms with Crippen LogP contribution < -0.4 is 5.73 Å². The highest BCUT2D eigenvalue weighted by Gasteiger charge is 2.26. The average Bonchev–Trinajstić information content (AvgIpc) is 2.05. The predicted molar refractivity (Wildman–Crippen MR) is 61.5 cm³/mol. The maximum absolute atomic E-state index is 10.5. The van der Waals surface area contributed by atoms with Gasteiger partial charge in [-0.3, -0.25) is 13.8 Å². The molecule has 0 aromatic heterocycles. The number of hydrogen-bond donors (Lipinski definition) is 3. The SMILES string of the molecule is CCSCC[C@](C)(N)C(=O)O.N=[SH2]=O. The van der Waals surface area contributed by atoms with Gasteiger partial charge in [-0.05, 0) is 24.9 Å². The van der Waals surface area contributed by atoms with E-state index in [4.69, 9.17) is 19.8 Å². The molecule has 0 aliphatic rings. The third kappa shape index (κ3) is 9.82. The molecule has 0 aliphatic heterocycles. The van der Waals surface area contributed by atoms with Crippen LogP contribution in [0.1, 0.15) is 20.3 Å². The lowest BCUT2D eigenvalue weighted by Gasteiger charge is -2.17. The number of nitrogens with two attached hydrogens (primary N) is 1. The van der Waals surface area contributed by atoms with Crippen LogP contribution in [0.3, 0.4) is 0 Å². The second-order valence-electron chi connectivity index (χ2n) is 2.77. The lowest BCUT2D eigenvalue weighted by molar-refractivity contribution is -0.142. The number of thioether (sulfide) groups is 1. The van der Waals surface area contributed by atoms with Crippen LogP contribution in [0.4, 0.5) is 0 Å². The molecule has 14 heavy (non-hydrogen) atoms. The highest BCUT2D eigenvalue weighted by Crippen LogP contribution is 2.11. The van der Waals surface area contributed by atoms with Crippen molar-refractivity contribution >= 4 is 29.2 Å². The molecule has 0 saturated carbocycles. The third-order valence-corrected chi connectivity index (χ3v) is 2.36. The highest BCUT2D eigenvalue weighted by molar-refractivity contribution is 7.99. The summed E-state index contributed by atoms with van der Waals surface area (Å²) in [6.07, 6.45) is 0.529. The zero-order chi connectivity index (χ0) is 11.6. The van der Waals surface area contributed by atoms with Gasteiger partial charge < -0.3 is 10.8 Å². The maximum atomic E-state index is 10.5. The Hall–Kier alpha value is -0.270. The molecule has 0 aromatic rings. The van der Waals surface area contributed by atoms with Gasteiger partial charge in [0.1, 0.15) is 5.54 Å². The van der Waals surface area contributed by atoms with Gasteiger partial charge in [-0.25, -0.2) is 0 Å². The molecular weight excluding hydrogens is 224 g/mol. The van der Waals surface area contributed by atoms with E-state index in [0.29, 0.717) is 6.42 Å². The third-order valence-electron chi connectivity index (χ3n) is 1.46. The fourth-order valence-electron chi connectivity index (χ4n) is 0.535. The van der Waals surface area contributed by atoms with Crippen molar-refractivity contribution in [2.45, 2.75) is 25.8 Å². The molecule has 86 valence electrons. The van der Waals surface area contributed by atoms with Crippen molar-refractivity contribution in [3.8, 4) is 0 Å². The zero-order valence-corrected chi connectivity index (χ0v) is 10.2. The second kappa shape index (κ2) is 9.29. The first kappa shape index (κ1) is 16.2. The zero-order valence-electron chi connectivity index (χ0n) is 8.37. The first-order valence-corrected chi connectivity index (χ1v) is 6.12. The molecular formula is C7H18N2O3S2. The molecule has 0 rings (SSSR count). The minimum absolute atomic E-state index is 0.529. The van der Waals surface area contributed by atoms with E-state index in [-0.39, 0.29) is 0 Å². The summed E-state index contributed by atoms with van der Waals surface area (Å²) in [6, 6.07) is 0. The fraction of sp³-hybridized carbons (Fsp3) is 0.857. The first-order valence-electron chi connectivity index (χ1n) is 4.06. The van der Waals surface area contributed by atoms with Crippen molar-refractivity contribution in [3.63, 3.8) is 0 Å². The van der Waals surface area contributed by atoms with Crippen molar-refractivity contribution in [2.24, 2.45) is 5.73 Å². The maximum Gasteiger partial charge on any atom is 0.323 e. The molecule has 0 fully saturated rings. The summed E-state index contributed by atoms with van der Waals surface area (Å²) in [6.45, 7) is 3.59. The summed E-state index contributed by atoms with van der Waals surface area (Å²) in [7, 11) is 0. The van der Waals surface area contributed by atoms with Gasteiger partial charge in [0.15, 0.2) is 0 Å². The summed E-state index contributed by atoms with van der Waals surface area (Å²) in [5, 5.41) is 8.61. The molecule has 0 spiro atoms. The number of rotatable bonds is 5. The molecule has 0 bridgehead atoms. The molecule has 1 atom stereocenters. The van der Waals surface area contributed by atoms with Crippen LogP contribution in [0.25, 0.3) is 0 Å². The van der Waals surface area contributed by atoms with Gasteiger partial charge in [-0.1, -0.05) is 6.92 Å². The van der Waals surface area contributed by atoms with Crippen LogP contribution in [-0.4, -0.2) is 32.3 Å². The molecule has 4 N–H and O–H groups in total. The Bertz CT molecular complexity index is 203. The number of carboxylic acid groups (broad SMARTS) is 1. The molecule has 0 amide bonds. The monoisotopic (exact) mass is 242 g/mol. The Morgan fingerprint density at radius 1 is 1.71 bits per heavy atom. The summed E-state index contributed by atoms with van der Waals surface area (Å²) < 4.78 is 14.3. The Balaban J connectivity index is 0. The average molecular weight is 242 g/mol. The van der Waals surface area contributed by atoms with Crippen LogP contribution in [0.15, 0.2) is 0 Å². The fourth-order valence-corrected chi connectivity index (χ4v) is 1.39. The van der Waals surface area contributed by atoms with Crippen LogP contribution in [-0.2, 0) is 16.3 Å². The van der Waals surface area contributed by atoms with E-state index in [1.54, 1.807) is 18.7 Å². The molecule has 0 heterocycles. The Morgan fingerprint density at radius 2 is 2.14 bits per heavy atom. The van der Waals surface area contributed by atoms with Crippen molar-refractivity contribution < 1.29 is 14.1 Å². The van der Waals surface area contributed by atoms with Crippen molar-refractivity contribution in [1.29, 1.82) is 4.78 Å². The minimum Gasteiger partial charge on any atom is -0.480 e. The van der Waals surface area contributed by atoms with Gasteiger partial charge >= 0.3 is 5.97 Å². The topological polar surface area (TPSA) is 104 Å². The summed E-state index contributed by atoms with van der Waals surface area (Å²) in [4.78, 5) is 10.5. The van der Waals surface area contributed by atoms with E-state index in [0.717, 1.165) is 11.5 Å². The van der Waals surface area contributed by atoms with Crippen molar-refractivity contribution in [2.75, 3.05) is 11.5 Å². The molecule has 5 nitrogen and oxygen atoms in total. The van der Waals surface area contributed by atoms with Gasteiger partial charge in [0.25, 0.3) is 0 Å². The summed E-state index contributed by atoms with van der Waals surface area (Å²) in [5.74, 6) is 0.903. The van der Waals surface area contributed by atoms with Gasteiger partial charge in [0.05, 0.1) is 0 Å². The Morgan fingerprint density at radius 3 is 2.43 bits per heavy atom. The van der Waals surface area contributed by atoms with Gasteiger partial charge in [0, 0.05) is 11.5 Å². The Kier molecular flexibility index (Phi) is 10.7. The second-order valence-corrected chi connectivity index (χ2v) is 4.37. The molecule has 0 aliphatic carbocycles. The Labute approximate surface area is 91.5 Å². The number of carbonyl (C=O) groups is 1. The number of nitrogens with one attached hydrogen (secondary N) is 1. The van der Waals surface area contributed by atoms with Crippen LogP contribution in [0, 0.1) is 4.78 Å². The highest BCUT2D eigenvalue weighted by atomic mass is 32.2. The van der Waals surface area contributed by atoms with E-state index in [2.05, 4.69) is 0 Å². The van der Waals surface area contributed by atoms with E-state index in [1.807, 2.05) is 6.92 Å². The molecule has 0 unspecified atom stereocenters. The number of aliphatic carboxylic acids is 1. The lowest BCUT2D eigenvalue weighted by Crippen LogP contribution is -2.45. The van der Waals surface area contributed by atoms with Crippen molar-refractivity contribution in [1.82, 2.24) is 0 Å². The smallest absolute Gasteiger partial charge is 0.323 e. The molecule has 7 heteroatoms. The molecule has 0 saturated heterocycles. The number of carboxylic acids is 1.